The van der Waals surface area contributed by atoms with Crippen molar-refractivity contribution in [3.05, 3.63) is 28.3 Å². The molecular formula is C8H11N3O3S. The van der Waals surface area contributed by atoms with Crippen LogP contribution in [0.3, 0.4) is 0 Å². The third kappa shape index (κ3) is 1.99. The zero-order valence-corrected chi connectivity index (χ0v) is 8.90. The van der Waals surface area contributed by atoms with Crippen molar-refractivity contribution in [3.63, 3.8) is 0 Å². The fraction of sp³-hybridized carbons (Fsp3) is 0.375. The molecule has 1 atom stereocenters. The van der Waals surface area contributed by atoms with Crippen LogP contribution in [0.1, 0.15) is 6.92 Å². The van der Waals surface area contributed by atoms with E-state index in [1.54, 1.807) is 0 Å². The van der Waals surface area contributed by atoms with Crippen LogP contribution in [-0.4, -0.2) is 35.8 Å². The Labute approximate surface area is 87.3 Å². The van der Waals surface area contributed by atoms with Crippen LogP contribution >= 0.6 is 0 Å². The lowest BCUT2D eigenvalue weighted by Gasteiger charge is -2.12. The minimum atomic E-state index is -3.50. The van der Waals surface area contributed by atoms with Crippen LogP contribution in [0, 0.1) is 0 Å². The SMILES string of the molecule is CCS(=O)(=O)C1=CC=C(O)C(N)C1=[N+]=[N-]. The highest BCUT2D eigenvalue weighted by Crippen LogP contribution is 2.18. The summed E-state index contributed by atoms with van der Waals surface area (Å²) >= 11 is 0. The zero-order valence-electron chi connectivity index (χ0n) is 8.08. The molecular weight excluding hydrogens is 218 g/mol. The summed E-state index contributed by atoms with van der Waals surface area (Å²) in [5.74, 6) is -0.364. The molecule has 0 aromatic heterocycles. The number of nitrogens with zero attached hydrogens (tertiary/aromatic N) is 2. The maximum Gasteiger partial charge on any atom is 0.334 e. The molecule has 1 unspecified atom stereocenters. The summed E-state index contributed by atoms with van der Waals surface area (Å²) in [5, 5.41) is 9.24. The van der Waals surface area contributed by atoms with E-state index in [1.165, 1.54) is 19.1 Å². The van der Waals surface area contributed by atoms with E-state index >= 15 is 0 Å². The monoisotopic (exact) mass is 229 g/mol. The van der Waals surface area contributed by atoms with E-state index in [4.69, 9.17) is 11.3 Å². The number of hydrogen-bond acceptors (Lipinski definition) is 4. The van der Waals surface area contributed by atoms with Gasteiger partial charge in [0.15, 0.2) is 20.8 Å². The maximum absolute atomic E-state index is 11.5. The van der Waals surface area contributed by atoms with Gasteiger partial charge in [-0.3, -0.25) is 0 Å². The van der Waals surface area contributed by atoms with Crippen molar-refractivity contribution in [2.45, 2.75) is 13.0 Å². The summed E-state index contributed by atoms with van der Waals surface area (Å²) < 4.78 is 23.1. The number of aliphatic hydroxyl groups excluding tert-OH is 1. The Morgan fingerprint density at radius 2 is 2.20 bits per heavy atom. The van der Waals surface area contributed by atoms with Gasteiger partial charge in [-0.15, -0.1) is 0 Å². The van der Waals surface area contributed by atoms with Gasteiger partial charge in [0.1, 0.15) is 5.76 Å². The molecule has 15 heavy (non-hydrogen) atoms. The first-order valence-corrected chi connectivity index (χ1v) is 5.90. The second-order valence-electron chi connectivity index (χ2n) is 2.99. The van der Waals surface area contributed by atoms with Crippen molar-refractivity contribution in [2.75, 3.05) is 5.75 Å². The van der Waals surface area contributed by atoms with Crippen LogP contribution in [0.2, 0.25) is 0 Å². The molecule has 0 spiro atoms. The molecule has 0 heterocycles. The first-order chi connectivity index (χ1) is 6.94. The van der Waals surface area contributed by atoms with Gasteiger partial charge in [-0.1, -0.05) is 6.92 Å². The van der Waals surface area contributed by atoms with E-state index in [1.807, 2.05) is 0 Å². The van der Waals surface area contributed by atoms with Crippen LogP contribution in [0.15, 0.2) is 22.8 Å². The topological polar surface area (TPSA) is 117 Å². The second kappa shape index (κ2) is 3.98. The molecule has 0 fully saturated rings. The lowest BCUT2D eigenvalue weighted by atomic mass is 10.1. The molecule has 3 N–H and O–H groups in total. The average molecular weight is 229 g/mol. The Hall–Kier alpha value is -1.43. The molecule has 0 amide bonds. The number of aliphatic hydroxyl groups is 1. The van der Waals surface area contributed by atoms with Gasteiger partial charge in [-0.05, 0) is 12.2 Å². The number of allylic oxidation sites excluding steroid dienone is 2. The van der Waals surface area contributed by atoms with Gasteiger partial charge >= 0.3 is 5.71 Å². The summed E-state index contributed by atoms with van der Waals surface area (Å²) in [6, 6.07) is -1.10. The van der Waals surface area contributed by atoms with E-state index in [2.05, 4.69) is 4.79 Å². The third-order valence-electron chi connectivity index (χ3n) is 2.09. The summed E-state index contributed by atoms with van der Waals surface area (Å²) in [7, 11) is -3.50. The van der Waals surface area contributed by atoms with Crippen LogP contribution < -0.4 is 5.73 Å². The first kappa shape index (κ1) is 11.6. The van der Waals surface area contributed by atoms with E-state index in [9.17, 15) is 13.5 Å². The molecule has 0 aromatic rings. The molecule has 82 valence electrons. The molecule has 6 nitrogen and oxygen atoms in total. The smallest absolute Gasteiger partial charge is 0.334 e. The molecule has 0 aliphatic heterocycles. The third-order valence-corrected chi connectivity index (χ3v) is 3.87. The zero-order chi connectivity index (χ0) is 11.6. The fourth-order valence-corrected chi connectivity index (χ4v) is 2.25. The standard InChI is InChI=1S/C8H11N3O3S/c1-2-15(13,14)6-4-3-5(12)7(9)8(6)11-10/h3-4,7,12H,2,9H2,1H3. The van der Waals surface area contributed by atoms with Crippen molar-refractivity contribution >= 4 is 15.5 Å². The normalized spacial score (nSPS) is 21.7. The van der Waals surface area contributed by atoms with Gasteiger partial charge in [0.05, 0.1) is 5.75 Å². The second-order valence-corrected chi connectivity index (χ2v) is 5.24. The van der Waals surface area contributed by atoms with Crippen molar-refractivity contribution < 1.29 is 18.3 Å². The van der Waals surface area contributed by atoms with Crippen molar-refractivity contribution in [1.29, 1.82) is 0 Å². The molecule has 0 saturated heterocycles. The summed E-state index contributed by atoms with van der Waals surface area (Å²) in [5.41, 5.74) is 13.9. The predicted molar refractivity (Wildman–Crippen MR) is 54.9 cm³/mol. The van der Waals surface area contributed by atoms with Crippen LogP contribution in [0.25, 0.3) is 5.53 Å². The fourth-order valence-electron chi connectivity index (χ4n) is 1.17. The lowest BCUT2D eigenvalue weighted by Crippen LogP contribution is -2.38. The van der Waals surface area contributed by atoms with Crippen molar-refractivity contribution in [2.24, 2.45) is 5.73 Å². The number of hydrogen-bond donors (Lipinski definition) is 2. The average Bonchev–Trinajstić information content (AvgIpc) is 2.21. The molecule has 1 aliphatic carbocycles. The molecule has 0 radical (unpaired) electrons. The Morgan fingerprint density at radius 1 is 1.60 bits per heavy atom. The van der Waals surface area contributed by atoms with Crippen LogP contribution in [-0.2, 0) is 9.84 Å². The minimum Gasteiger partial charge on any atom is -0.510 e. The van der Waals surface area contributed by atoms with Crippen molar-refractivity contribution in [3.8, 4) is 0 Å². The van der Waals surface area contributed by atoms with Crippen LogP contribution in [0.5, 0.6) is 0 Å². The van der Waals surface area contributed by atoms with Gasteiger partial charge in [-0.2, -0.15) is 4.79 Å². The highest BCUT2D eigenvalue weighted by molar-refractivity contribution is 7.96. The van der Waals surface area contributed by atoms with Crippen LogP contribution in [0.4, 0.5) is 0 Å². The highest BCUT2D eigenvalue weighted by atomic mass is 32.2. The molecule has 7 heteroatoms. The minimum absolute atomic E-state index is 0.126. The summed E-state index contributed by atoms with van der Waals surface area (Å²) in [4.78, 5) is 2.66. The van der Waals surface area contributed by atoms with E-state index in [0.29, 0.717) is 0 Å². The lowest BCUT2D eigenvalue weighted by molar-refractivity contribution is -0.00827. The van der Waals surface area contributed by atoms with Gasteiger partial charge in [0, 0.05) is 0 Å². The number of nitrogens with two attached hydrogens (primary N) is 1. The summed E-state index contributed by atoms with van der Waals surface area (Å²) in [6.07, 6.45) is 2.36. The predicted octanol–water partition coefficient (Wildman–Crippen LogP) is -0.241. The van der Waals surface area contributed by atoms with Gasteiger partial charge in [0.25, 0.3) is 0 Å². The molecule has 0 saturated carbocycles. The maximum atomic E-state index is 11.5. The molecule has 0 bridgehead atoms. The Morgan fingerprint density at radius 3 is 2.67 bits per heavy atom. The Bertz CT molecular complexity index is 483. The van der Waals surface area contributed by atoms with E-state index in [-0.39, 0.29) is 22.1 Å². The summed E-state index contributed by atoms with van der Waals surface area (Å²) in [6.45, 7) is 1.47. The highest BCUT2D eigenvalue weighted by Gasteiger charge is 2.36. The Kier molecular flexibility index (Phi) is 3.09. The Balaban J connectivity index is 3.38. The van der Waals surface area contributed by atoms with Gasteiger partial charge in [0.2, 0.25) is 0 Å². The molecule has 0 aromatic carbocycles. The number of rotatable bonds is 2. The van der Waals surface area contributed by atoms with Crippen molar-refractivity contribution in [1.82, 2.24) is 0 Å². The van der Waals surface area contributed by atoms with E-state index < -0.39 is 15.9 Å². The van der Waals surface area contributed by atoms with E-state index in [0.717, 1.165) is 0 Å². The first-order valence-electron chi connectivity index (χ1n) is 4.25. The van der Waals surface area contributed by atoms with Gasteiger partial charge < -0.3 is 16.4 Å². The number of sulfone groups is 1. The largest absolute Gasteiger partial charge is 0.510 e. The molecule has 1 rings (SSSR count). The quantitative estimate of drug-likeness (QED) is 0.501. The molecule has 1 aliphatic rings. The van der Waals surface area contributed by atoms with Gasteiger partial charge in [-0.25, -0.2) is 8.42 Å².